The molecule has 0 saturated heterocycles. The fourth-order valence-corrected chi connectivity index (χ4v) is 4.02. The molecule has 1 N–H and O–H groups in total. The van der Waals surface area contributed by atoms with Crippen LogP contribution in [-0.2, 0) is 16.7 Å². The summed E-state index contributed by atoms with van der Waals surface area (Å²) < 4.78 is 38.3. The zero-order valence-electron chi connectivity index (χ0n) is 18.0. The van der Waals surface area contributed by atoms with Crippen LogP contribution in [0.15, 0.2) is 41.3 Å². The molecule has 0 atom stereocenters. The summed E-state index contributed by atoms with van der Waals surface area (Å²) in [6, 6.07) is 10.7. The van der Waals surface area contributed by atoms with Gasteiger partial charge in [0.15, 0.2) is 0 Å². The van der Waals surface area contributed by atoms with Crippen LogP contribution in [0.5, 0.6) is 5.75 Å². The minimum absolute atomic E-state index is 0.0934. The zero-order valence-corrected chi connectivity index (χ0v) is 18.8. The Hall–Kier alpha value is -2.25. The van der Waals surface area contributed by atoms with Crippen molar-refractivity contribution < 1.29 is 17.7 Å². The molecule has 2 rings (SSSR count). The number of ether oxygens (including phenoxy) is 1. The standard InChI is InChI=1S/C22H32N2O4S/c1-6-23(7-2)19-13-17(5)22(28-9-4)21(15-19)24(8-3)16-18-11-10-12-20(14-18)29(25,26)27/h10-15H,6-9,16H2,1-5H3,(H,25,26,27). The molecule has 2 aromatic rings. The Kier molecular flexibility index (Phi) is 7.93. The molecule has 0 aliphatic rings. The van der Waals surface area contributed by atoms with Crippen LogP contribution in [0.4, 0.5) is 11.4 Å². The molecule has 0 bridgehead atoms. The topological polar surface area (TPSA) is 70.1 Å². The maximum atomic E-state index is 11.5. The molecule has 0 aromatic heterocycles. The number of aryl methyl sites for hydroxylation is 1. The van der Waals surface area contributed by atoms with E-state index in [0.717, 1.165) is 47.9 Å². The van der Waals surface area contributed by atoms with Gasteiger partial charge < -0.3 is 14.5 Å². The van der Waals surface area contributed by atoms with Gasteiger partial charge in [0.1, 0.15) is 5.75 Å². The maximum absolute atomic E-state index is 11.5. The SMILES string of the molecule is CCOc1c(C)cc(N(CC)CC)cc1N(CC)Cc1cccc(S(=O)(=O)O)c1. The zero-order chi connectivity index (χ0) is 21.6. The van der Waals surface area contributed by atoms with Crippen molar-refractivity contribution in [3.8, 4) is 5.75 Å². The lowest BCUT2D eigenvalue weighted by atomic mass is 10.1. The molecule has 0 radical (unpaired) electrons. The van der Waals surface area contributed by atoms with Crippen LogP contribution in [0.25, 0.3) is 0 Å². The van der Waals surface area contributed by atoms with Gasteiger partial charge in [0, 0.05) is 31.9 Å². The summed E-state index contributed by atoms with van der Waals surface area (Å²) in [7, 11) is -4.23. The molecule has 0 fully saturated rings. The van der Waals surface area contributed by atoms with Crippen LogP contribution in [0.1, 0.15) is 38.8 Å². The van der Waals surface area contributed by atoms with E-state index >= 15 is 0 Å². The molecular formula is C22H32N2O4S. The van der Waals surface area contributed by atoms with E-state index in [0.29, 0.717) is 13.2 Å². The van der Waals surface area contributed by atoms with Crippen LogP contribution in [0, 0.1) is 6.92 Å². The van der Waals surface area contributed by atoms with Crippen molar-refractivity contribution in [2.75, 3.05) is 36.0 Å². The molecule has 0 aliphatic heterocycles. The first-order valence-electron chi connectivity index (χ1n) is 10.1. The van der Waals surface area contributed by atoms with Crippen molar-refractivity contribution in [1.29, 1.82) is 0 Å². The molecule has 0 aliphatic carbocycles. The molecule has 0 unspecified atom stereocenters. The Labute approximate surface area is 174 Å². The van der Waals surface area contributed by atoms with Gasteiger partial charge >= 0.3 is 0 Å². The highest BCUT2D eigenvalue weighted by atomic mass is 32.2. The summed E-state index contributed by atoms with van der Waals surface area (Å²) >= 11 is 0. The highest BCUT2D eigenvalue weighted by Gasteiger charge is 2.18. The first-order valence-corrected chi connectivity index (χ1v) is 11.5. The molecule has 29 heavy (non-hydrogen) atoms. The Morgan fingerprint density at radius 3 is 2.17 bits per heavy atom. The Balaban J connectivity index is 2.50. The van der Waals surface area contributed by atoms with Crippen LogP contribution in [0.2, 0.25) is 0 Å². The van der Waals surface area contributed by atoms with Crippen LogP contribution >= 0.6 is 0 Å². The predicted molar refractivity (Wildman–Crippen MR) is 119 cm³/mol. The number of benzene rings is 2. The molecule has 2 aromatic carbocycles. The predicted octanol–water partition coefficient (Wildman–Crippen LogP) is 4.51. The van der Waals surface area contributed by atoms with E-state index in [2.05, 4.69) is 42.7 Å². The molecule has 160 valence electrons. The van der Waals surface area contributed by atoms with Crippen molar-refractivity contribution >= 4 is 21.5 Å². The Bertz CT molecular complexity index is 924. The van der Waals surface area contributed by atoms with Crippen LogP contribution < -0.4 is 14.5 Å². The minimum Gasteiger partial charge on any atom is -0.491 e. The summed E-state index contributed by atoms with van der Waals surface area (Å²) in [4.78, 5) is 4.36. The van der Waals surface area contributed by atoms with E-state index in [1.54, 1.807) is 6.07 Å². The summed E-state index contributed by atoms with van der Waals surface area (Å²) in [5.41, 5.74) is 3.98. The lowest BCUT2D eigenvalue weighted by molar-refractivity contribution is 0.338. The second-order valence-electron chi connectivity index (χ2n) is 6.85. The number of anilines is 2. The van der Waals surface area contributed by atoms with Gasteiger partial charge in [0.05, 0.1) is 17.2 Å². The molecule has 0 spiro atoms. The van der Waals surface area contributed by atoms with E-state index in [-0.39, 0.29) is 4.90 Å². The average molecular weight is 421 g/mol. The second-order valence-corrected chi connectivity index (χ2v) is 8.27. The van der Waals surface area contributed by atoms with Crippen molar-refractivity contribution in [1.82, 2.24) is 0 Å². The summed E-state index contributed by atoms with van der Waals surface area (Å²) in [6.45, 7) is 13.9. The third-order valence-corrected chi connectivity index (χ3v) is 5.80. The van der Waals surface area contributed by atoms with Gasteiger partial charge in [-0.05, 0) is 70.0 Å². The minimum atomic E-state index is -4.23. The fraction of sp³-hybridized carbons (Fsp3) is 0.455. The fourth-order valence-electron chi connectivity index (χ4n) is 3.47. The van der Waals surface area contributed by atoms with Crippen molar-refractivity contribution in [3.63, 3.8) is 0 Å². The number of rotatable bonds is 10. The van der Waals surface area contributed by atoms with E-state index < -0.39 is 10.1 Å². The van der Waals surface area contributed by atoms with Crippen LogP contribution in [0.3, 0.4) is 0 Å². The summed E-state index contributed by atoms with van der Waals surface area (Å²) in [5.74, 6) is 0.844. The monoisotopic (exact) mass is 420 g/mol. The van der Waals surface area contributed by atoms with Gasteiger partial charge in [-0.2, -0.15) is 8.42 Å². The van der Waals surface area contributed by atoms with E-state index in [1.807, 2.05) is 19.9 Å². The largest absolute Gasteiger partial charge is 0.491 e. The molecule has 7 heteroatoms. The van der Waals surface area contributed by atoms with Gasteiger partial charge in [-0.25, -0.2) is 0 Å². The molecule has 0 heterocycles. The normalized spacial score (nSPS) is 11.4. The molecule has 0 amide bonds. The number of hydrogen-bond acceptors (Lipinski definition) is 5. The number of hydrogen-bond donors (Lipinski definition) is 1. The van der Waals surface area contributed by atoms with E-state index in [1.165, 1.54) is 12.1 Å². The third-order valence-electron chi connectivity index (χ3n) is 4.95. The molecule has 6 nitrogen and oxygen atoms in total. The second kappa shape index (κ2) is 9.98. The van der Waals surface area contributed by atoms with Gasteiger partial charge in [-0.3, -0.25) is 4.55 Å². The molecular weight excluding hydrogens is 388 g/mol. The number of nitrogens with zero attached hydrogens (tertiary/aromatic N) is 2. The Morgan fingerprint density at radius 1 is 0.966 bits per heavy atom. The summed E-state index contributed by atoms with van der Waals surface area (Å²) in [5, 5.41) is 0. The smallest absolute Gasteiger partial charge is 0.294 e. The van der Waals surface area contributed by atoms with Gasteiger partial charge in [-0.1, -0.05) is 12.1 Å². The highest BCUT2D eigenvalue weighted by molar-refractivity contribution is 7.85. The highest BCUT2D eigenvalue weighted by Crippen LogP contribution is 2.37. The quantitative estimate of drug-likeness (QED) is 0.570. The van der Waals surface area contributed by atoms with Gasteiger partial charge in [0.2, 0.25) is 0 Å². The lowest BCUT2D eigenvalue weighted by Gasteiger charge is -2.30. The first kappa shape index (κ1) is 23.0. The lowest BCUT2D eigenvalue weighted by Crippen LogP contribution is -2.25. The summed E-state index contributed by atoms with van der Waals surface area (Å²) in [6.07, 6.45) is 0. The van der Waals surface area contributed by atoms with Crippen molar-refractivity contribution in [3.05, 3.63) is 47.5 Å². The van der Waals surface area contributed by atoms with Gasteiger partial charge in [0.25, 0.3) is 10.1 Å². The Morgan fingerprint density at radius 2 is 1.62 bits per heavy atom. The average Bonchev–Trinajstić information content (AvgIpc) is 2.68. The van der Waals surface area contributed by atoms with Crippen molar-refractivity contribution in [2.24, 2.45) is 0 Å². The van der Waals surface area contributed by atoms with Gasteiger partial charge in [-0.15, -0.1) is 0 Å². The van der Waals surface area contributed by atoms with Crippen molar-refractivity contribution in [2.45, 2.75) is 46.1 Å². The third kappa shape index (κ3) is 5.64. The molecule has 0 saturated carbocycles. The van der Waals surface area contributed by atoms with E-state index in [4.69, 9.17) is 4.74 Å². The maximum Gasteiger partial charge on any atom is 0.294 e. The van der Waals surface area contributed by atoms with E-state index in [9.17, 15) is 13.0 Å². The first-order chi connectivity index (χ1) is 13.7. The van der Waals surface area contributed by atoms with Crippen LogP contribution in [-0.4, -0.2) is 39.2 Å².